The predicted molar refractivity (Wildman–Crippen MR) is 196 cm³/mol. The van der Waals surface area contributed by atoms with Crippen molar-refractivity contribution in [1.82, 2.24) is 0 Å². The van der Waals surface area contributed by atoms with E-state index < -0.39 is 0 Å². The van der Waals surface area contributed by atoms with Gasteiger partial charge < -0.3 is 0 Å². The van der Waals surface area contributed by atoms with Crippen LogP contribution in [0.5, 0.6) is 0 Å². The van der Waals surface area contributed by atoms with E-state index in [-0.39, 0.29) is 4.75 Å². The lowest BCUT2D eigenvalue weighted by Crippen LogP contribution is -2.15. The van der Waals surface area contributed by atoms with Gasteiger partial charge >= 0.3 is 0 Å². The average Bonchev–Trinajstić information content (AvgIpc) is 3.84. The number of thiophene rings is 5. The highest BCUT2D eigenvalue weighted by Crippen LogP contribution is 2.58. The summed E-state index contributed by atoms with van der Waals surface area (Å²) in [5, 5.41) is 2.60. The standard InChI is InChI=1S/C36H40S6/c1-3-5-7-9-12-26-14-15-29(38-26)30-18-19-33(40-30)34-22-24-36(42-34,23-10-8-6-4-2)35-21-20-32(41-35)31-17-16-28(39-31)27-13-11-25-37-27/h11,13-22,24-25,34H,3-10,12,23H2,1-2H3. The van der Waals surface area contributed by atoms with Crippen LogP contribution in [0.3, 0.4) is 0 Å². The van der Waals surface area contributed by atoms with Crippen LogP contribution in [0.25, 0.3) is 29.3 Å². The molecule has 0 N–H and O–H groups in total. The maximum absolute atomic E-state index is 2.56. The molecule has 5 aromatic rings. The van der Waals surface area contributed by atoms with Gasteiger partial charge in [0.2, 0.25) is 0 Å². The summed E-state index contributed by atoms with van der Waals surface area (Å²) < 4.78 is 0.0773. The van der Waals surface area contributed by atoms with Crippen LogP contribution in [-0.4, -0.2) is 0 Å². The number of hydrogen-bond acceptors (Lipinski definition) is 6. The lowest BCUT2D eigenvalue weighted by Gasteiger charge is -2.27. The van der Waals surface area contributed by atoms with Crippen molar-refractivity contribution in [2.45, 2.75) is 88.1 Å². The summed E-state index contributed by atoms with van der Waals surface area (Å²) in [5.41, 5.74) is 0. The molecule has 0 radical (unpaired) electrons. The summed E-state index contributed by atoms with van der Waals surface area (Å²) in [5.74, 6) is 0. The fourth-order valence-corrected chi connectivity index (χ4v) is 12.8. The van der Waals surface area contributed by atoms with Gasteiger partial charge in [-0.05, 0) is 79.2 Å². The Morgan fingerprint density at radius 3 is 2.12 bits per heavy atom. The van der Waals surface area contributed by atoms with E-state index in [0.29, 0.717) is 5.25 Å². The molecule has 5 aromatic heterocycles. The molecule has 6 rings (SSSR count). The van der Waals surface area contributed by atoms with Gasteiger partial charge in [0.05, 0.1) is 10.00 Å². The van der Waals surface area contributed by atoms with E-state index >= 15 is 0 Å². The third-order valence-electron chi connectivity index (χ3n) is 8.00. The van der Waals surface area contributed by atoms with Crippen molar-refractivity contribution in [3.8, 4) is 29.3 Å². The summed E-state index contributed by atoms with van der Waals surface area (Å²) in [4.78, 5) is 13.0. The number of unbranched alkanes of at least 4 members (excludes halogenated alkanes) is 6. The second-order valence-corrected chi connectivity index (χ2v) is 18.1. The Morgan fingerprint density at radius 2 is 1.31 bits per heavy atom. The van der Waals surface area contributed by atoms with Crippen molar-refractivity contribution < 1.29 is 0 Å². The van der Waals surface area contributed by atoms with Crippen LogP contribution in [0, 0.1) is 0 Å². The Balaban J connectivity index is 1.18. The zero-order valence-corrected chi connectivity index (χ0v) is 29.5. The van der Waals surface area contributed by atoms with Crippen LogP contribution in [-0.2, 0) is 11.2 Å². The molecule has 6 heterocycles. The quantitative estimate of drug-likeness (QED) is 0.0793. The molecule has 0 bridgehead atoms. The second-order valence-electron chi connectivity index (χ2n) is 11.2. The molecule has 0 aromatic carbocycles. The van der Waals surface area contributed by atoms with Gasteiger partial charge in [0.15, 0.2) is 0 Å². The van der Waals surface area contributed by atoms with E-state index in [1.807, 2.05) is 56.7 Å². The average molecular weight is 665 g/mol. The highest BCUT2D eigenvalue weighted by molar-refractivity contribution is 8.01. The fourth-order valence-electron chi connectivity index (χ4n) is 5.65. The zero-order chi connectivity index (χ0) is 28.8. The molecule has 42 heavy (non-hydrogen) atoms. The van der Waals surface area contributed by atoms with Gasteiger partial charge in [-0.3, -0.25) is 0 Å². The Morgan fingerprint density at radius 1 is 0.619 bits per heavy atom. The summed E-state index contributed by atoms with van der Waals surface area (Å²) in [6.07, 6.45) is 18.1. The molecule has 0 fully saturated rings. The molecule has 0 saturated heterocycles. The van der Waals surface area contributed by atoms with Crippen molar-refractivity contribution >= 4 is 68.4 Å². The highest BCUT2D eigenvalue weighted by Gasteiger charge is 2.39. The molecule has 0 amide bonds. The van der Waals surface area contributed by atoms with E-state index in [2.05, 4.69) is 104 Å². The Kier molecular flexibility index (Phi) is 10.6. The number of hydrogen-bond donors (Lipinski definition) is 0. The van der Waals surface area contributed by atoms with Gasteiger partial charge in [0, 0.05) is 43.9 Å². The Hall–Kier alpha value is -1.41. The molecule has 6 heteroatoms. The topological polar surface area (TPSA) is 0 Å². The van der Waals surface area contributed by atoms with Crippen LogP contribution in [0.15, 0.2) is 78.2 Å². The van der Waals surface area contributed by atoms with Crippen molar-refractivity contribution in [3.05, 3.63) is 92.8 Å². The molecule has 0 spiro atoms. The minimum absolute atomic E-state index is 0.0773. The largest absolute Gasteiger partial charge is 0.143 e. The predicted octanol–water partition coefficient (Wildman–Crippen LogP) is 14.3. The third kappa shape index (κ3) is 7.11. The van der Waals surface area contributed by atoms with E-state index in [1.165, 1.54) is 103 Å². The molecular weight excluding hydrogens is 625 g/mol. The van der Waals surface area contributed by atoms with Gasteiger partial charge in [0.1, 0.15) is 0 Å². The lowest BCUT2D eigenvalue weighted by atomic mass is 9.97. The molecule has 2 unspecified atom stereocenters. The van der Waals surface area contributed by atoms with Crippen LogP contribution in [0.1, 0.15) is 91.5 Å². The van der Waals surface area contributed by atoms with Crippen molar-refractivity contribution in [1.29, 1.82) is 0 Å². The van der Waals surface area contributed by atoms with Gasteiger partial charge in [-0.25, -0.2) is 0 Å². The first-order valence-corrected chi connectivity index (χ1v) is 20.5. The Bertz CT molecular complexity index is 1560. The molecule has 1 aliphatic rings. The van der Waals surface area contributed by atoms with Gasteiger partial charge in [-0.15, -0.1) is 68.4 Å². The van der Waals surface area contributed by atoms with Gasteiger partial charge in [-0.1, -0.05) is 77.0 Å². The number of aryl methyl sites for hydroxylation is 1. The minimum Gasteiger partial charge on any atom is -0.143 e. The highest BCUT2D eigenvalue weighted by atomic mass is 32.2. The molecule has 1 aliphatic heterocycles. The molecule has 0 saturated carbocycles. The first-order chi connectivity index (χ1) is 20.7. The van der Waals surface area contributed by atoms with Crippen LogP contribution in [0.4, 0.5) is 0 Å². The third-order valence-corrected chi connectivity index (χ3v) is 16.0. The first-order valence-electron chi connectivity index (χ1n) is 15.5. The summed E-state index contributed by atoms with van der Waals surface area (Å²) in [7, 11) is 0. The van der Waals surface area contributed by atoms with Crippen molar-refractivity contribution in [2.24, 2.45) is 0 Å². The van der Waals surface area contributed by atoms with Crippen LogP contribution >= 0.6 is 68.4 Å². The normalized spacial score (nSPS) is 18.4. The maximum Gasteiger partial charge on any atom is 0.0691 e. The van der Waals surface area contributed by atoms with E-state index in [4.69, 9.17) is 0 Å². The van der Waals surface area contributed by atoms with E-state index in [0.717, 1.165) is 0 Å². The zero-order valence-electron chi connectivity index (χ0n) is 24.6. The van der Waals surface area contributed by atoms with Gasteiger partial charge in [-0.2, -0.15) is 0 Å². The van der Waals surface area contributed by atoms with Crippen molar-refractivity contribution in [2.75, 3.05) is 0 Å². The molecule has 2 atom stereocenters. The van der Waals surface area contributed by atoms with E-state index in [1.54, 1.807) is 4.88 Å². The molecular formula is C36H40S6. The van der Waals surface area contributed by atoms with Gasteiger partial charge in [0.25, 0.3) is 0 Å². The Labute approximate surface area is 276 Å². The summed E-state index contributed by atoms with van der Waals surface area (Å²) in [6.45, 7) is 4.60. The van der Waals surface area contributed by atoms with Crippen LogP contribution in [0.2, 0.25) is 0 Å². The SMILES string of the molecule is CCCCCCc1ccc(-c2ccc(C3C=CC(CCCCCC)(c4ccc(-c5ccc(-c6cccs6)s5)s4)S3)s2)s1. The lowest BCUT2D eigenvalue weighted by molar-refractivity contribution is 0.586. The number of rotatable bonds is 15. The fraction of sp³-hybridized carbons (Fsp3) is 0.389. The second kappa shape index (κ2) is 14.6. The minimum atomic E-state index is 0.0773. The molecule has 0 nitrogen and oxygen atoms in total. The number of thioether (sulfide) groups is 1. The van der Waals surface area contributed by atoms with Crippen molar-refractivity contribution in [3.63, 3.8) is 0 Å². The first kappa shape index (κ1) is 30.6. The van der Waals surface area contributed by atoms with Crippen LogP contribution < -0.4 is 0 Å². The summed E-state index contributed by atoms with van der Waals surface area (Å²) in [6, 6.07) is 23.3. The maximum atomic E-state index is 2.56. The molecule has 0 aliphatic carbocycles. The van der Waals surface area contributed by atoms with E-state index in [9.17, 15) is 0 Å². The smallest absolute Gasteiger partial charge is 0.0691 e. The summed E-state index contributed by atoms with van der Waals surface area (Å²) >= 11 is 12.0. The molecule has 220 valence electrons. The monoisotopic (exact) mass is 664 g/mol.